The lowest BCUT2D eigenvalue weighted by molar-refractivity contribution is 0.116. The molecule has 5 heteroatoms. The van der Waals surface area contributed by atoms with Gasteiger partial charge in [-0.05, 0) is 50.2 Å². The third-order valence-corrected chi connectivity index (χ3v) is 5.63. The van der Waals surface area contributed by atoms with Gasteiger partial charge >= 0.3 is 0 Å². The first-order chi connectivity index (χ1) is 10.3. The maximum atomic E-state index is 5.87. The van der Waals surface area contributed by atoms with Crippen molar-refractivity contribution < 1.29 is 4.42 Å². The van der Waals surface area contributed by atoms with Crippen molar-refractivity contribution in [2.75, 3.05) is 19.6 Å². The molecule has 112 valence electrons. The molecule has 21 heavy (non-hydrogen) atoms. The molecule has 2 atom stereocenters. The molecule has 2 fully saturated rings. The molecular weight excluding hydrogens is 282 g/mol. The van der Waals surface area contributed by atoms with Gasteiger partial charge in [0.1, 0.15) is 5.76 Å². The predicted octanol–water partition coefficient (Wildman–Crippen LogP) is 2.90. The summed E-state index contributed by atoms with van der Waals surface area (Å²) in [5.41, 5.74) is 1.10. The van der Waals surface area contributed by atoms with Crippen molar-refractivity contribution in [1.82, 2.24) is 15.2 Å². The number of likely N-dealkylation sites (tertiary alicyclic amines) is 1. The summed E-state index contributed by atoms with van der Waals surface area (Å²) < 4.78 is 5.87. The van der Waals surface area contributed by atoms with Gasteiger partial charge in [0.25, 0.3) is 0 Å². The summed E-state index contributed by atoms with van der Waals surface area (Å²) in [5.74, 6) is 2.56. The van der Waals surface area contributed by atoms with Crippen LogP contribution in [0.3, 0.4) is 0 Å². The number of oxazole rings is 1. The van der Waals surface area contributed by atoms with Crippen molar-refractivity contribution in [3.8, 4) is 10.8 Å². The minimum absolute atomic E-state index is 0.681. The number of aryl methyl sites for hydroxylation is 1. The Morgan fingerprint density at radius 1 is 1.48 bits per heavy atom. The van der Waals surface area contributed by atoms with E-state index in [-0.39, 0.29) is 0 Å². The Kier molecular flexibility index (Phi) is 3.57. The van der Waals surface area contributed by atoms with E-state index >= 15 is 0 Å². The zero-order valence-corrected chi connectivity index (χ0v) is 13.2. The number of nitrogens with one attached hydrogen (secondary N) is 1. The van der Waals surface area contributed by atoms with Crippen molar-refractivity contribution >= 4 is 11.3 Å². The smallest absolute Gasteiger partial charge is 0.236 e. The van der Waals surface area contributed by atoms with Crippen molar-refractivity contribution in [2.45, 2.75) is 32.4 Å². The fourth-order valence-corrected chi connectivity index (χ4v) is 4.28. The summed E-state index contributed by atoms with van der Waals surface area (Å²) in [6.07, 6.45) is 2.67. The summed E-state index contributed by atoms with van der Waals surface area (Å²) in [4.78, 5) is 8.45. The number of aromatic nitrogens is 1. The summed E-state index contributed by atoms with van der Waals surface area (Å²) in [6.45, 7) is 6.44. The van der Waals surface area contributed by atoms with Crippen LogP contribution < -0.4 is 5.32 Å². The monoisotopic (exact) mass is 303 g/mol. The average molecular weight is 303 g/mol. The van der Waals surface area contributed by atoms with Gasteiger partial charge in [0, 0.05) is 19.1 Å². The van der Waals surface area contributed by atoms with Crippen LogP contribution in [0.5, 0.6) is 0 Å². The van der Waals surface area contributed by atoms with Crippen molar-refractivity contribution in [2.24, 2.45) is 5.92 Å². The molecule has 2 aliphatic rings. The van der Waals surface area contributed by atoms with Gasteiger partial charge < -0.3 is 9.73 Å². The molecule has 0 amide bonds. The van der Waals surface area contributed by atoms with Gasteiger partial charge in [-0.3, -0.25) is 4.90 Å². The summed E-state index contributed by atoms with van der Waals surface area (Å²) in [7, 11) is 0. The van der Waals surface area contributed by atoms with Crippen LogP contribution in [0, 0.1) is 12.8 Å². The Morgan fingerprint density at radius 3 is 3.29 bits per heavy atom. The number of rotatable bonds is 3. The fraction of sp³-hybridized carbons (Fsp3) is 0.562. The van der Waals surface area contributed by atoms with Gasteiger partial charge in [-0.1, -0.05) is 6.07 Å². The lowest BCUT2D eigenvalue weighted by atomic mass is 9.92. The standard InChI is InChI=1S/C16H21N3OS/c1-11-13(18-16(20-11)15-5-3-7-21-15)10-19-6-2-4-12-8-17-9-14(12)19/h3,5,7,12,14,17H,2,4,6,8-10H2,1H3. The number of hydrogen-bond donors (Lipinski definition) is 1. The topological polar surface area (TPSA) is 41.3 Å². The highest BCUT2D eigenvalue weighted by Gasteiger charge is 2.35. The zero-order chi connectivity index (χ0) is 14.2. The van der Waals surface area contributed by atoms with Crippen LogP contribution in [-0.4, -0.2) is 35.6 Å². The Labute approximate surface area is 129 Å². The Balaban J connectivity index is 1.54. The molecule has 0 aromatic carbocycles. The van der Waals surface area contributed by atoms with Gasteiger partial charge in [-0.15, -0.1) is 11.3 Å². The first-order valence-corrected chi connectivity index (χ1v) is 8.64. The van der Waals surface area contributed by atoms with E-state index in [9.17, 15) is 0 Å². The first-order valence-electron chi connectivity index (χ1n) is 7.76. The van der Waals surface area contributed by atoms with Crippen LogP contribution >= 0.6 is 11.3 Å². The third kappa shape index (κ3) is 2.54. The van der Waals surface area contributed by atoms with Gasteiger partial charge in [-0.2, -0.15) is 0 Å². The molecule has 2 aromatic rings. The number of piperidine rings is 1. The second kappa shape index (κ2) is 5.55. The van der Waals surface area contributed by atoms with Crippen LogP contribution in [0.4, 0.5) is 0 Å². The summed E-state index contributed by atoms with van der Waals surface area (Å²) in [5, 5.41) is 5.60. The van der Waals surface area contributed by atoms with E-state index in [0.29, 0.717) is 6.04 Å². The molecule has 4 heterocycles. The van der Waals surface area contributed by atoms with Gasteiger partial charge in [0.05, 0.1) is 10.6 Å². The van der Waals surface area contributed by atoms with Crippen molar-refractivity contribution in [1.29, 1.82) is 0 Å². The molecule has 2 saturated heterocycles. The molecule has 0 bridgehead atoms. The molecule has 2 aliphatic heterocycles. The largest absolute Gasteiger partial charge is 0.440 e. The van der Waals surface area contributed by atoms with Crippen LogP contribution in [0.25, 0.3) is 10.8 Å². The number of nitrogens with zero attached hydrogens (tertiary/aromatic N) is 2. The number of fused-ring (bicyclic) bond motifs is 1. The highest BCUT2D eigenvalue weighted by atomic mass is 32.1. The minimum atomic E-state index is 0.681. The average Bonchev–Trinajstić information content (AvgIpc) is 3.20. The maximum absolute atomic E-state index is 5.87. The van der Waals surface area contributed by atoms with Crippen LogP contribution in [-0.2, 0) is 6.54 Å². The zero-order valence-electron chi connectivity index (χ0n) is 12.3. The molecule has 4 nitrogen and oxygen atoms in total. The first kappa shape index (κ1) is 13.5. The Morgan fingerprint density at radius 2 is 2.43 bits per heavy atom. The molecule has 2 aromatic heterocycles. The fourth-order valence-electron chi connectivity index (χ4n) is 3.63. The van der Waals surface area contributed by atoms with Gasteiger partial charge in [0.2, 0.25) is 5.89 Å². The van der Waals surface area contributed by atoms with E-state index in [0.717, 1.165) is 41.2 Å². The quantitative estimate of drug-likeness (QED) is 0.946. The van der Waals surface area contributed by atoms with Crippen LogP contribution in [0.1, 0.15) is 24.3 Å². The second-order valence-electron chi connectivity index (χ2n) is 6.10. The van der Waals surface area contributed by atoms with E-state index in [1.54, 1.807) is 11.3 Å². The number of thiophene rings is 1. The minimum Gasteiger partial charge on any atom is -0.440 e. The van der Waals surface area contributed by atoms with Crippen LogP contribution in [0.15, 0.2) is 21.9 Å². The van der Waals surface area contributed by atoms with E-state index < -0.39 is 0 Å². The van der Waals surface area contributed by atoms with E-state index in [4.69, 9.17) is 9.40 Å². The predicted molar refractivity (Wildman–Crippen MR) is 84.3 cm³/mol. The van der Waals surface area contributed by atoms with Gasteiger partial charge in [-0.25, -0.2) is 4.98 Å². The third-order valence-electron chi connectivity index (χ3n) is 4.77. The molecule has 0 spiro atoms. The second-order valence-corrected chi connectivity index (χ2v) is 7.05. The molecule has 1 N–H and O–H groups in total. The SMILES string of the molecule is Cc1oc(-c2cccs2)nc1CN1CCCC2CNCC21. The lowest BCUT2D eigenvalue weighted by Crippen LogP contribution is -2.44. The Bertz CT molecular complexity index is 607. The molecule has 0 radical (unpaired) electrons. The van der Waals surface area contributed by atoms with Crippen molar-refractivity contribution in [3.63, 3.8) is 0 Å². The molecule has 4 rings (SSSR count). The Hall–Kier alpha value is -1.17. The number of hydrogen-bond acceptors (Lipinski definition) is 5. The molecular formula is C16H21N3OS. The van der Waals surface area contributed by atoms with E-state index in [2.05, 4.69) is 21.7 Å². The van der Waals surface area contributed by atoms with E-state index in [1.807, 2.05) is 13.0 Å². The maximum Gasteiger partial charge on any atom is 0.236 e. The highest BCUT2D eigenvalue weighted by molar-refractivity contribution is 7.13. The highest BCUT2D eigenvalue weighted by Crippen LogP contribution is 2.30. The molecule has 2 unspecified atom stereocenters. The normalized spacial score (nSPS) is 26.1. The van der Waals surface area contributed by atoms with Gasteiger partial charge in [0.15, 0.2) is 0 Å². The summed E-state index contributed by atoms with van der Waals surface area (Å²) in [6, 6.07) is 4.79. The lowest BCUT2D eigenvalue weighted by Gasteiger charge is -2.36. The molecule has 0 aliphatic carbocycles. The summed E-state index contributed by atoms with van der Waals surface area (Å²) >= 11 is 1.68. The van der Waals surface area contributed by atoms with E-state index in [1.165, 1.54) is 25.9 Å². The van der Waals surface area contributed by atoms with Crippen molar-refractivity contribution in [3.05, 3.63) is 29.0 Å². The van der Waals surface area contributed by atoms with Crippen LogP contribution in [0.2, 0.25) is 0 Å². The molecule has 0 saturated carbocycles.